The molecule has 3 rings (SSSR count). The summed E-state index contributed by atoms with van der Waals surface area (Å²) in [7, 11) is 0. The molecule has 2 heterocycles. The summed E-state index contributed by atoms with van der Waals surface area (Å²) in [4.78, 5) is 20.8. The van der Waals surface area contributed by atoms with Gasteiger partial charge in [-0.3, -0.25) is 9.98 Å². The van der Waals surface area contributed by atoms with Gasteiger partial charge < -0.3 is 5.11 Å². The lowest BCUT2D eigenvalue weighted by Gasteiger charge is -2.29. The Morgan fingerprint density at radius 1 is 1.19 bits per heavy atom. The van der Waals surface area contributed by atoms with Crippen LogP contribution < -0.4 is 0 Å². The smallest absolute Gasteiger partial charge is 0.334 e. The quantitative estimate of drug-likeness (QED) is 0.846. The topological polar surface area (TPSA) is 62.5 Å². The molecule has 134 valence electrons. The maximum absolute atomic E-state index is 12.0. The van der Waals surface area contributed by atoms with Gasteiger partial charge in [-0.25, -0.2) is 4.79 Å². The molecular formula is C21H21ClN2O2. The molecule has 0 amide bonds. The SMILES string of the molecule is CC1=C(C(=O)O)[C@](C)(Cc2cc(C)ccc2C)C(c2cncc(Cl)c2)=N1. The highest BCUT2D eigenvalue weighted by Crippen LogP contribution is 2.43. The van der Waals surface area contributed by atoms with Crippen LogP contribution in [0.5, 0.6) is 0 Å². The van der Waals surface area contributed by atoms with Gasteiger partial charge in [0, 0.05) is 29.1 Å². The minimum absolute atomic E-state index is 0.327. The molecular weight excluding hydrogens is 348 g/mol. The van der Waals surface area contributed by atoms with Crippen molar-refractivity contribution < 1.29 is 9.90 Å². The largest absolute Gasteiger partial charge is 0.478 e. The van der Waals surface area contributed by atoms with Gasteiger partial charge in [-0.1, -0.05) is 35.4 Å². The fourth-order valence-corrected chi connectivity index (χ4v) is 3.90. The number of pyridine rings is 1. The van der Waals surface area contributed by atoms with Crippen molar-refractivity contribution in [3.63, 3.8) is 0 Å². The van der Waals surface area contributed by atoms with E-state index < -0.39 is 11.4 Å². The van der Waals surface area contributed by atoms with Crippen molar-refractivity contribution in [1.29, 1.82) is 0 Å². The number of allylic oxidation sites excluding steroid dienone is 1. The molecule has 0 saturated heterocycles. The molecule has 0 radical (unpaired) electrons. The van der Waals surface area contributed by atoms with Crippen LogP contribution in [0.4, 0.5) is 0 Å². The van der Waals surface area contributed by atoms with Crippen molar-refractivity contribution in [2.75, 3.05) is 0 Å². The van der Waals surface area contributed by atoms with E-state index in [0.29, 0.717) is 28.4 Å². The summed E-state index contributed by atoms with van der Waals surface area (Å²) >= 11 is 6.11. The van der Waals surface area contributed by atoms with E-state index in [4.69, 9.17) is 11.6 Å². The van der Waals surface area contributed by atoms with Crippen molar-refractivity contribution in [3.8, 4) is 0 Å². The second kappa shape index (κ2) is 6.69. The van der Waals surface area contributed by atoms with Gasteiger partial charge in [0.15, 0.2) is 0 Å². The number of carboxylic acid groups (broad SMARTS) is 1. The fourth-order valence-electron chi connectivity index (χ4n) is 3.72. The molecule has 1 atom stereocenters. The minimum atomic E-state index is -0.941. The van der Waals surface area contributed by atoms with Gasteiger partial charge in [-0.15, -0.1) is 0 Å². The van der Waals surface area contributed by atoms with Crippen LogP contribution >= 0.6 is 11.6 Å². The van der Waals surface area contributed by atoms with E-state index in [1.54, 1.807) is 25.4 Å². The first kappa shape index (κ1) is 18.3. The maximum Gasteiger partial charge on any atom is 0.334 e. The average molecular weight is 369 g/mol. The number of benzene rings is 1. The van der Waals surface area contributed by atoms with Crippen molar-refractivity contribution in [2.24, 2.45) is 10.4 Å². The number of hydrogen-bond acceptors (Lipinski definition) is 3. The number of aliphatic imine (C=N–C) groups is 1. The predicted octanol–water partition coefficient (Wildman–Crippen LogP) is 4.76. The first-order chi connectivity index (χ1) is 12.2. The molecule has 1 aliphatic rings. The summed E-state index contributed by atoms with van der Waals surface area (Å²) in [6, 6.07) is 8.02. The molecule has 0 aliphatic carbocycles. The second-order valence-electron chi connectivity index (χ2n) is 7.06. The number of aryl methyl sites for hydroxylation is 2. The van der Waals surface area contributed by atoms with Crippen molar-refractivity contribution in [1.82, 2.24) is 4.98 Å². The van der Waals surface area contributed by atoms with Crippen LogP contribution in [-0.4, -0.2) is 21.8 Å². The molecule has 2 aromatic rings. The lowest BCUT2D eigenvalue weighted by Crippen LogP contribution is -2.34. The van der Waals surface area contributed by atoms with E-state index in [-0.39, 0.29) is 0 Å². The van der Waals surface area contributed by atoms with Gasteiger partial charge in [0.1, 0.15) is 0 Å². The summed E-state index contributed by atoms with van der Waals surface area (Å²) in [6.45, 7) is 7.76. The Hall–Kier alpha value is -2.46. The van der Waals surface area contributed by atoms with E-state index in [9.17, 15) is 9.90 Å². The van der Waals surface area contributed by atoms with Crippen LogP contribution in [0.25, 0.3) is 0 Å². The number of carboxylic acids is 1. The van der Waals surface area contributed by atoms with Gasteiger partial charge >= 0.3 is 5.97 Å². The lowest BCUT2D eigenvalue weighted by atomic mass is 9.71. The van der Waals surface area contributed by atoms with Crippen LogP contribution in [0.1, 0.15) is 36.1 Å². The molecule has 4 nitrogen and oxygen atoms in total. The Morgan fingerprint density at radius 2 is 1.92 bits per heavy atom. The third-order valence-electron chi connectivity index (χ3n) is 4.96. The van der Waals surface area contributed by atoms with Crippen molar-refractivity contribution in [2.45, 2.75) is 34.1 Å². The van der Waals surface area contributed by atoms with Crippen molar-refractivity contribution >= 4 is 23.3 Å². The average Bonchev–Trinajstić information content (AvgIpc) is 2.81. The van der Waals surface area contributed by atoms with Gasteiger partial charge in [0.25, 0.3) is 0 Å². The van der Waals surface area contributed by atoms with Crippen LogP contribution in [0.15, 0.2) is 52.9 Å². The molecule has 0 fully saturated rings. The molecule has 26 heavy (non-hydrogen) atoms. The Kier molecular flexibility index (Phi) is 4.72. The van der Waals surface area contributed by atoms with Crippen LogP contribution in [0.3, 0.4) is 0 Å². The molecule has 1 N–H and O–H groups in total. The summed E-state index contributed by atoms with van der Waals surface area (Å²) in [5, 5.41) is 10.4. The molecule has 1 aliphatic heterocycles. The molecule has 0 unspecified atom stereocenters. The third kappa shape index (κ3) is 3.17. The molecule has 5 heteroatoms. The summed E-state index contributed by atoms with van der Waals surface area (Å²) in [5.74, 6) is -0.941. The number of hydrogen-bond donors (Lipinski definition) is 1. The van der Waals surface area contributed by atoms with Gasteiger partial charge in [-0.05, 0) is 51.3 Å². The summed E-state index contributed by atoms with van der Waals surface area (Å²) < 4.78 is 0. The Bertz CT molecular complexity index is 962. The highest BCUT2D eigenvalue weighted by atomic mass is 35.5. The Morgan fingerprint density at radius 3 is 2.58 bits per heavy atom. The van der Waals surface area contributed by atoms with E-state index in [1.165, 1.54) is 0 Å². The molecule has 0 bridgehead atoms. The predicted molar refractivity (Wildman–Crippen MR) is 104 cm³/mol. The van der Waals surface area contributed by atoms with E-state index >= 15 is 0 Å². The van der Waals surface area contributed by atoms with Crippen molar-refractivity contribution in [3.05, 3.63) is 75.2 Å². The fraction of sp³-hybridized carbons (Fsp3) is 0.286. The van der Waals surface area contributed by atoms with E-state index in [0.717, 1.165) is 22.3 Å². The molecule has 0 saturated carbocycles. The number of halogens is 1. The minimum Gasteiger partial charge on any atom is -0.478 e. The number of nitrogens with zero attached hydrogens (tertiary/aromatic N) is 2. The molecule has 1 aromatic carbocycles. The number of aliphatic carboxylic acids is 1. The zero-order chi connectivity index (χ0) is 19.1. The highest BCUT2D eigenvalue weighted by molar-refractivity contribution is 6.31. The number of carbonyl (C=O) groups is 1. The molecule has 0 spiro atoms. The van der Waals surface area contributed by atoms with Gasteiger partial charge in [0.05, 0.1) is 16.3 Å². The first-order valence-corrected chi connectivity index (χ1v) is 8.81. The number of aromatic nitrogens is 1. The van der Waals surface area contributed by atoms with E-state index in [1.807, 2.05) is 20.8 Å². The van der Waals surface area contributed by atoms with Crippen LogP contribution in [0.2, 0.25) is 5.02 Å². The summed E-state index contributed by atoms with van der Waals surface area (Å²) in [6.07, 6.45) is 3.79. The van der Waals surface area contributed by atoms with Crippen LogP contribution in [-0.2, 0) is 11.2 Å². The first-order valence-electron chi connectivity index (χ1n) is 8.43. The standard InChI is InChI=1S/C21H21ClN2O2/c1-12-5-6-13(2)15(7-12)9-21(4)18(20(25)26)14(3)24-19(21)16-8-17(22)11-23-10-16/h5-8,10-11H,9H2,1-4H3,(H,25,26)/t21-/m0/s1. The van der Waals surface area contributed by atoms with Gasteiger partial charge in [0.2, 0.25) is 0 Å². The zero-order valence-corrected chi connectivity index (χ0v) is 16.1. The van der Waals surface area contributed by atoms with Crippen LogP contribution in [0, 0.1) is 19.3 Å². The van der Waals surface area contributed by atoms with E-state index in [2.05, 4.69) is 28.2 Å². The monoisotopic (exact) mass is 368 g/mol. The maximum atomic E-state index is 12.0. The summed E-state index contributed by atoms with van der Waals surface area (Å²) in [5.41, 5.74) is 4.93. The molecule has 1 aromatic heterocycles. The normalized spacial score (nSPS) is 19.7. The number of rotatable bonds is 4. The Labute approximate surface area is 158 Å². The highest BCUT2D eigenvalue weighted by Gasteiger charge is 2.44. The zero-order valence-electron chi connectivity index (χ0n) is 15.3. The van der Waals surface area contributed by atoms with Gasteiger partial charge in [-0.2, -0.15) is 0 Å². The lowest BCUT2D eigenvalue weighted by molar-refractivity contribution is -0.133. The third-order valence-corrected chi connectivity index (χ3v) is 5.16. The Balaban J connectivity index is 2.15. The second-order valence-corrected chi connectivity index (χ2v) is 7.49.